The molecule has 2 aliphatic rings. The summed E-state index contributed by atoms with van der Waals surface area (Å²) in [5.74, 6) is -0.572. The Labute approximate surface area is 182 Å². The Morgan fingerprint density at radius 3 is 2.65 bits per heavy atom. The fourth-order valence-corrected chi connectivity index (χ4v) is 4.08. The number of likely N-dealkylation sites (N-methyl/N-ethyl adjacent to an activating group) is 1. The van der Waals surface area contributed by atoms with E-state index in [2.05, 4.69) is 5.32 Å². The Morgan fingerprint density at radius 2 is 2.00 bits per heavy atom. The van der Waals surface area contributed by atoms with Crippen LogP contribution in [0.15, 0.2) is 47.4 Å². The molecule has 0 radical (unpaired) electrons. The van der Waals surface area contributed by atoms with E-state index < -0.39 is 17.0 Å². The SMILES string of the molecule is CCN1C(=O)OCC1Cc1ccc(Oc2ccc(/C=C3/SC(=O)NC3=O)cc2F)cc1. The molecule has 2 saturated heterocycles. The second-order valence-corrected chi connectivity index (χ2v) is 8.02. The summed E-state index contributed by atoms with van der Waals surface area (Å²) in [5.41, 5.74) is 1.46. The lowest BCUT2D eigenvalue weighted by atomic mass is 10.1. The first-order valence-corrected chi connectivity index (χ1v) is 10.5. The summed E-state index contributed by atoms with van der Waals surface area (Å²) in [6, 6.07) is 11.5. The third-order valence-corrected chi connectivity index (χ3v) is 5.74. The highest BCUT2D eigenvalue weighted by molar-refractivity contribution is 8.18. The number of carbonyl (C=O) groups is 3. The van der Waals surface area contributed by atoms with Crippen LogP contribution in [0.4, 0.5) is 14.0 Å². The van der Waals surface area contributed by atoms with Gasteiger partial charge < -0.3 is 14.4 Å². The molecule has 0 bridgehead atoms. The lowest BCUT2D eigenvalue weighted by Crippen LogP contribution is -2.34. The van der Waals surface area contributed by atoms with Crippen LogP contribution in [-0.4, -0.2) is 41.3 Å². The van der Waals surface area contributed by atoms with Crippen LogP contribution in [0.3, 0.4) is 0 Å². The monoisotopic (exact) mass is 442 g/mol. The maximum Gasteiger partial charge on any atom is 0.410 e. The lowest BCUT2D eigenvalue weighted by Gasteiger charge is -2.19. The van der Waals surface area contributed by atoms with Crippen LogP contribution < -0.4 is 10.1 Å². The van der Waals surface area contributed by atoms with Gasteiger partial charge in [-0.15, -0.1) is 0 Å². The summed E-state index contributed by atoms with van der Waals surface area (Å²) in [6.45, 7) is 2.87. The molecule has 2 aromatic carbocycles. The van der Waals surface area contributed by atoms with Gasteiger partial charge in [0.25, 0.3) is 11.1 Å². The van der Waals surface area contributed by atoms with Gasteiger partial charge in [0, 0.05) is 6.54 Å². The van der Waals surface area contributed by atoms with E-state index in [1.54, 1.807) is 23.1 Å². The predicted molar refractivity (Wildman–Crippen MR) is 113 cm³/mol. The number of ether oxygens (including phenoxy) is 2. The zero-order valence-corrected chi connectivity index (χ0v) is 17.4. The van der Waals surface area contributed by atoms with Gasteiger partial charge in [-0.2, -0.15) is 0 Å². The number of nitrogens with zero attached hydrogens (tertiary/aromatic N) is 1. The molecule has 0 aliphatic carbocycles. The molecule has 3 amide bonds. The molecular weight excluding hydrogens is 423 g/mol. The first kappa shape index (κ1) is 20.9. The van der Waals surface area contributed by atoms with Crippen molar-refractivity contribution in [3.8, 4) is 11.5 Å². The third kappa shape index (κ3) is 4.72. The van der Waals surface area contributed by atoms with Gasteiger partial charge in [-0.3, -0.25) is 14.9 Å². The number of carbonyl (C=O) groups excluding carboxylic acids is 3. The fraction of sp³-hybridized carbons (Fsp3) is 0.227. The Morgan fingerprint density at radius 1 is 1.23 bits per heavy atom. The topological polar surface area (TPSA) is 84.9 Å². The summed E-state index contributed by atoms with van der Waals surface area (Å²) in [4.78, 5) is 36.4. The number of hydrogen-bond acceptors (Lipinski definition) is 6. The largest absolute Gasteiger partial charge is 0.454 e. The number of halogens is 1. The number of thioether (sulfide) groups is 1. The van der Waals surface area contributed by atoms with E-state index in [9.17, 15) is 18.8 Å². The van der Waals surface area contributed by atoms with E-state index in [-0.39, 0.29) is 22.8 Å². The molecule has 0 saturated carbocycles. The minimum absolute atomic E-state index is 0.00113. The van der Waals surface area contributed by atoms with Crippen molar-refractivity contribution in [3.63, 3.8) is 0 Å². The zero-order chi connectivity index (χ0) is 22.0. The second-order valence-electron chi connectivity index (χ2n) is 7.01. The van der Waals surface area contributed by atoms with Gasteiger partial charge in [0.15, 0.2) is 11.6 Å². The van der Waals surface area contributed by atoms with Crippen LogP contribution in [0.2, 0.25) is 0 Å². The Hall–Kier alpha value is -3.33. The lowest BCUT2D eigenvalue weighted by molar-refractivity contribution is -0.115. The van der Waals surface area contributed by atoms with Gasteiger partial charge in [-0.05, 0) is 66.6 Å². The standard InChI is InChI=1S/C22H19FN2O5S/c1-2-25-15(12-29-22(25)28)9-13-3-6-16(7-4-13)30-18-8-5-14(10-17(18)23)11-19-20(26)24-21(27)31-19/h3-8,10-11,15H,2,9,12H2,1H3,(H,24,26,27)/b19-11+. The van der Waals surface area contributed by atoms with Gasteiger partial charge in [-0.25, -0.2) is 9.18 Å². The Balaban J connectivity index is 1.41. The molecule has 4 rings (SSSR count). The molecule has 2 aromatic rings. The first-order valence-electron chi connectivity index (χ1n) is 9.67. The minimum atomic E-state index is -0.589. The van der Waals surface area contributed by atoms with Gasteiger partial charge in [0.05, 0.1) is 10.9 Å². The number of cyclic esters (lactones) is 1. The Kier molecular flexibility index (Phi) is 5.94. The van der Waals surface area contributed by atoms with E-state index in [1.807, 2.05) is 19.1 Å². The maximum atomic E-state index is 14.5. The quantitative estimate of drug-likeness (QED) is 0.671. The third-order valence-electron chi connectivity index (χ3n) is 4.93. The average molecular weight is 442 g/mol. The number of amides is 3. The normalized spacial score (nSPS) is 19.7. The van der Waals surface area contributed by atoms with Gasteiger partial charge >= 0.3 is 6.09 Å². The molecule has 0 aromatic heterocycles. The smallest absolute Gasteiger partial charge is 0.410 e. The van der Waals surface area contributed by atoms with Gasteiger partial charge in [-0.1, -0.05) is 18.2 Å². The van der Waals surface area contributed by atoms with Crippen molar-refractivity contribution in [1.29, 1.82) is 0 Å². The molecular formula is C22H19FN2O5S. The average Bonchev–Trinajstić information content (AvgIpc) is 3.25. The van der Waals surface area contributed by atoms with Gasteiger partial charge in [0.1, 0.15) is 12.4 Å². The molecule has 1 atom stereocenters. The summed E-state index contributed by atoms with van der Waals surface area (Å²) in [6.07, 6.45) is 1.82. The van der Waals surface area contributed by atoms with Crippen LogP contribution in [-0.2, 0) is 16.0 Å². The van der Waals surface area contributed by atoms with E-state index in [4.69, 9.17) is 9.47 Å². The fourth-order valence-electron chi connectivity index (χ4n) is 3.40. The highest BCUT2D eigenvalue weighted by Crippen LogP contribution is 2.29. The maximum absolute atomic E-state index is 14.5. The summed E-state index contributed by atoms with van der Waals surface area (Å²) >= 11 is 0.774. The van der Waals surface area contributed by atoms with Crippen LogP contribution in [0.5, 0.6) is 11.5 Å². The van der Waals surface area contributed by atoms with E-state index in [0.29, 0.717) is 30.9 Å². The van der Waals surface area contributed by atoms with Crippen LogP contribution >= 0.6 is 11.8 Å². The van der Waals surface area contributed by atoms with Crippen molar-refractivity contribution in [1.82, 2.24) is 10.2 Å². The Bertz CT molecular complexity index is 1070. The molecule has 9 heteroatoms. The van der Waals surface area contributed by atoms with Crippen molar-refractivity contribution >= 4 is 35.1 Å². The van der Waals surface area contributed by atoms with Crippen molar-refractivity contribution in [2.45, 2.75) is 19.4 Å². The second kappa shape index (κ2) is 8.81. The van der Waals surface area contributed by atoms with Crippen molar-refractivity contribution in [2.75, 3.05) is 13.2 Å². The molecule has 2 fully saturated rings. The summed E-state index contributed by atoms with van der Waals surface area (Å²) < 4.78 is 25.2. The molecule has 160 valence electrons. The number of imide groups is 1. The van der Waals surface area contributed by atoms with Crippen LogP contribution in [0.25, 0.3) is 6.08 Å². The van der Waals surface area contributed by atoms with Crippen molar-refractivity contribution in [2.24, 2.45) is 0 Å². The number of benzene rings is 2. The zero-order valence-electron chi connectivity index (χ0n) is 16.6. The van der Waals surface area contributed by atoms with E-state index in [1.165, 1.54) is 18.2 Å². The predicted octanol–water partition coefficient (Wildman–Crippen LogP) is 4.33. The first-order chi connectivity index (χ1) is 14.9. The summed E-state index contributed by atoms with van der Waals surface area (Å²) in [7, 11) is 0. The van der Waals surface area contributed by atoms with Crippen molar-refractivity contribution in [3.05, 3.63) is 64.3 Å². The minimum Gasteiger partial charge on any atom is -0.454 e. The molecule has 31 heavy (non-hydrogen) atoms. The highest BCUT2D eigenvalue weighted by Gasteiger charge is 2.31. The van der Waals surface area contributed by atoms with Crippen LogP contribution in [0, 0.1) is 5.82 Å². The molecule has 1 N–H and O–H groups in total. The molecule has 2 heterocycles. The molecule has 0 spiro atoms. The summed E-state index contributed by atoms with van der Waals surface area (Å²) in [5, 5.41) is 1.70. The number of hydrogen-bond donors (Lipinski definition) is 1. The highest BCUT2D eigenvalue weighted by atomic mass is 32.2. The van der Waals surface area contributed by atoms with Crippen molar-refractivity contribution < 1.29 is 28.2 Å². The van der Waals surface area contributed by atoms with E-state index >= 15 is 0 Å². The molecule has 2 aliphatic heterocycles. The van der Waals surface area contributed by atoms with E-state index in [0.717, 1.165) is 17.3 Å². The van der Waals surface area contributed by atoms with Crippen LogP contribution in [0.1, 0.15) is 18.1 Å². The molecule has 1 unspecified atom stereocenters. The number of rotatable bonds is 6. The van der Waals surface area contributed by atoms with Gasteiger partial charge in [0.2, 0.25) is 0 Å². The number of nitrogens with one attached hydrogen (secondary N) is 1. The molecule has 7 nitrogen and oxygen atoms in total.